The monoisotopic (exact) mass is 288 g/mol. The number of β-amino-alcohol motifs (C(OH)–C–C–N with tert-alkyl or cyclic N) is 1. The SMILES string of the molecule is O=[N+]([O-])c1ccc(N2CC(O)(c3ccc(F)cc3)C2)cc1. The molecular weight excluding hydrogens is 275 g/mol. The normalized spacial score (nSPS) is 16.4. The highest BCUT2D eigenvalue weighted by Crippen LogP contribution is 2.35. The molecule has 1 aliphatic rings. The third kappa shape index (κ3) is 2.45. The first-order chi connectivity index (χ1) is 9.98. The number of halogens is 1. The molecule has 0 atom stereocenters. The summed E-state index contributed by atoms with van der Waals surface area (Å²) in [5.41, 5.74) is 0.512. The van der Waals surface area contributed by atoms with E-state index in [1.54, 1.807) is 24.3 Å². The molecule has 108 valence electrons. The lowest BCUT2D eigenvalue weighted by molar-refractivity contribution is -0.384. The van der Waals surface area contributed by atoms with Gasteiger partial charge in [-0.3, -0.25) is 10.1 Å². The molecule has 3 rings (SSSR count). The van der Waals surface area contributed by atoms with Crippen molar-refractivity contribution >= 4 is 11.4 Å². The van der Waals surface area contributed by atoms with Gasteiger partial charge in [-0.05, 0) is 29.8 Å². The Balaban J connectivity index is 1.72. The van der Waals surface area contributed by atoms with Gasteiger partial charge in [-0.25, -0.2) is 4.39 Å². The van der Waals surface area contributed by atoms with Gasteiger partial charge in [0, 0.05) is 17.8 Å². The van der Waals surface area contributed by atoms with Crippen LogP contribution in [0.1, 0.15) is 5.56 Å². The molecule has 6 heteroatoms. The van der Waals surface area contributed by atoms with Crippen LogP contribution >= 0.6 is 0 Å². The van der Waals surface area contributed by atoms with Gasteiger partial charge in [0.25, 0.3) is 5.69 Å². The minimum absolute atomic E-state index is 0.0352. The van der Waals surface area contributed by atoms with Crippen molar-refractivity contribution in [1.29, 1.82) is 0 Å². The largest absolute Gasteiger partial charge is 0.381 e. The van der Waals surface area contributed by atoms with Crippen molar-refractivity contribution in [2.75, 3.05) is 18.0 Å². The van der Waals surface area contributed by atoms with Gasteiger partial charge in [-0.2, -0.15) is 0 Å². The molecule has 1 saturated heterocycles. The summed E-state index contributed by atoms with van der Waals surface area (Å²) in [6, 6.07) is 12.0. The number of nitrogens with zero attached hydrogens (tertiary/aromatic N) is 2. The summed E-state index contributed by atoms with van der Waals surface area (Å²) >= 11 is 0. The molecule has 2 aromatic rings. The Hall–Kier alpha value is -2.47. The van der Waals surface area contributed by atoms with E-state index in [1.807, 2.05) is 4.90 Å². The first-order valence-electron chi connectivity index (χ1n) is 6.46. The fourth-order valence-corrected chi connectivity index (χ4v) is 2.50. The van der Waals surface area contributed by atoms with Crippen molar-refractivity contribution in [2.45, 2.75) is 5.60 Å². The second kappa shape index (κ2) is 4.82. The Labute approximate surface area is 120 Å². The Morgan fingerprint density at radius 2 is 1.67 bits per heavy atom. The van der Waals surface area contributed by atoms with Gasteiger partial charge in [-0.1, -0.05) is 12.1 Å². The minimum Gasteiger partial charge on any atom is -0.381 e. The van der Waals surface area contributed by atoms with E-state index < -0.39 is 10.5 Å². The van der Waals surface area contributed by atoms with E-state index in [1.165, 1.54) is 24.3 Å². The first kappa shape index (κ1) is 13.5. The smallest absolute Gasteiger partial charge is 0.269 e. The zero-order chi connectivity index (χ0) is 15.0. The maximum Gasteiger partial charge on any atom is 0.269 e. The molecule has 0 unspecified atom stereocenters. The maximum atomic E-state index is 12.9. The lowest BCUT2D eigenvalue weighted by atomic mass is 9.85. The summed E-state index contributed by atoms with van der Waals surface area (Å²) in [6.07, 6.45) is 0. The molecule has 21 heavy (non-hydrogen) atoms. The van der Waals surface area contributed by atoms with Crippen LogP contribution in [0, 0.1) is 15.9 Å². The van der Waals surface area contributed by atoms with E-state index in [9.17, 15) is 19.6 Å². The lowest BCUT2D eigenvalue weighted by Crippen LogP contribution is -2.59. The summed E-state index contributed by atoms with van der Waals surface area (Å²) in [5.74, 6) is -0.339. The van der Waals surface area contributed by atoms with Gasteiger partial charge in [0.2, 0.25) is 0 Å². The van der Waals surface area contributed by atoms with Crippen LogP contribution in [0.5, 0.6) is 0 Å². The zero-order valence-corrected chi connectivity index (χ0v) is 11.1. The molecule has 1 heterocycles. The van der Waals surface area contributed by atoms with Gasteiger partial charge in [0.05, 0.1) is 18.0 Å². The van der Waals surface area contributed by atoms with Crippen molar-refractivity contribution in [3.8, 4) is 0 Å². The maximum absolute atomic E-state index is 12.9. The molecule has 2 aromatic carbocycles. The average Bonchev–Trinajstić information content (AvgIpc) is 2.45. The lowest BCUT2D eigenvalue weighted by Gasteiger charge is -2.48. The van der Waals surface area contributed by atoms with Gasteiger partial charge in [0.1, 0.15) is 11.4 Å². The molecule has 1 N–H and O–H groups in total. The summed E-state index contributed by atoms with van der Waals surface area (Å²) in [6.45, 7) is 0.743. The van der Waals surface area contributed by atoms with E-state index in [2.05, 4.69) is 0 Å². The Bertz CT molecular complexity index is 664. The third-order valence-electron chi connectivity index (χ3n) is 3.71. The summed E-state index contributed by atoms with van der Waals surface area (Å²) in [7, 11) is 0. The summed E-state index contributed by atoms with van der Waals surface area (Å²) < 4.78 is 12.9. The van der Waals surface area contributed by atoms with E-state index >= 15 is 0 Å². The van der Waals surface area contributed by atoms with Crippen LogP contribution in [0.25, 0.3) is 0 Å². The second-order valence-corrected chi connectivity index (χ2v) is 5.17. The Kier molecular flexibility index (Phi) is 3.10. The highest BCUT2D eigenvalue weighted by molar-refractivity contribution is 5.55. The second-order valence-electron chi connectivity index (χ2n) is 5.17. The Morgan fingerprint density at radius 1 is 1.10 bits per heavy atom. The van der Waals surface area contributed by atoms with E-state index in [-0.39, 0.29) is 11.5 Å². The molecule has 0 bridgehead atoms. The minimum atomic E-state index is -1.00. The Morgan fingerprint density at radius 3 is 2.19 bits per heavy atom. The molecule has 5 nitrogen and oxygen atoms in total. The molecular formula is C15H13FN2O3. The number of anilines is 1. The standard InChI is InChI=1S/C15H13FN2O3/c16-12-3-1-11(2-4-12)15(19)9-17(10-15)13-5-7-14(8-6-13)18(20)21/h1-8,19H,9-10H2. The first-order valence-corrected chi connectivity index (χ1v) is 6.46. The quantitative estimate of drug-likeness (QED) is 0.696. The highest BCUT2D eigenvalue weighted by Gasteiger charge is 2.42. The van der Waals surface area contributed by atoms with Crippen LogP contribution in [0.4, 0.5) is 15.8 Å². The zero-order valence-electron chi connectivity index (χ0n) is 11.1. The number of benzene rings is 2. The predicted octanol–water partition coefficient (Wildman–Crippen LogP) is 2.44. The number of aliphatic hydroxyl groups is 1. The van der Waals surface area contributed by atoms with Crippen molar-refractivity contribution in [3.63, 3.8) is 0 Å². The number of non-ortho nitro benzene ring substituents is 1. The van der Waals surface area contributed by atoms with Crippen LogP contribution in [-0.4, -0.2) is 23.1 Å². The number of nitro benzene ring substituents is 1. The van der Waals surface area contributed by atoms with Crippen molar-refractivity contribution in [2.24, 2.45) is 0 Å². The van der Waals surface area contributed by atoms with Crippen molar-refractivity contribution < 1.29 is 14.4 Å². The molecule has 0 aromatic heterocycles. The van der Waals surface area contributed by atoms with Crippen LogP contribution in [0.15, 0.2) is 48.5 Å². The van der Waals surface area contributed by atoms with Crippen LogP contribution in [-0.2, 0) is 5.60 Å². The molecule has 1 fully saturated rings. The van der Waals surface area contributed by atoms with Crippen molar-refractivity contribution in [3.05, 3.63) is 70.0 Å². The fraction of sp³-hybridized carbons (Fsp3) is 0.200. The number of rotatable bonds is 3. The van der Waals surface area contributed by atoms with Crippen LogP contribution < -0.4 is 4.90 Å². The molecule has 0 amide bonds. The summed E-state index contributed by atoms with van der Waals surface area (Å²) in [5, 5.41) is 21.1. The van der Waals surface area contributed by atoms with Crippen LogP contribution in [0.3, 0.4) is 0 Å². The fourth-order valence-electron chi connectivity index (χ4n) is 2.50. The van der Waals surface area contributed by atoms with E-state index in [4.69, 9.17) is 0 Å². The molecule has 0 radical (unpaired) electrons. The van der Waals surface area contributed by atoms with Crippen molar-refractivity contribution in [1.82, 2.24) is 0 Å². The number of hydrogen-bond donors (Lipinski definition) is 1. The molecule has 0 aliphatic carbocycles. The molecule has 0 spiro atoms. The number of nitro groups is 1. The van der Waals surface area contributed by atoms with Gasteiger partial charge in [0.15, 0.2) is 0 Å². The topological polar surface area (TPSA) is 66.6 Å². The van der Waals surface area contributed by atoms with Gasteiger partial charge >= 0.3 is 0 Å². The summed E-state index contributed by atoms with van der Waals surface area (Å²) in [4.78, 5) is 12.1. The number of hydrogen-bond acceptors (Lipinski definition) is 4. The highest BCUT2D eigenvalue weighted by atomic mass is 19.1. The molecule has 1 aliphatic heterocycles. The predicted molar refractivity (Wildman–Crippen MR) is 75.6 cm³/mol. The average molecular weight is 288 g/mol. The molecule has 0 saturated carbocycles. The van der Waals surface area contributed by atoms with Crippen LogP contribution in [0.2, 0.25) is 0 Å². The van der Waals surface area contributed by atoms with Gasteiger partial charge in [-0.15, -0.1) is 0 Å². The van der Waals surface area contributed by atoms with Gasteiger partial charge < -0.3 is 10.0 Å². The van der Waals surface area contributed by atoms with E-state index in [0.717, 1.165) is 5.69 Å². The third-order valence-corrected chi connectivity index (χ3v) is 3.71. The van der Waals surface area contributed by atoms with E-state index in [0.29, 0.717) is 18.7 Å².